The van der Waals surface area contributed by atoms with E-state index < -0.39 is 0 Å². The molecule has 0 aliphatic heterocycles. The average Bonchev–Trinajstić information content (AvgIpc) is 2.97. The second kappa shape index (κ2) is 4.43. The molecule has 2 aromatic heterocycles. The monoisotopic (exact) mass is 270 g/mol. The number of hydrogen-bond acceptors (Lipinski definition) is 3. The van der Waals surface area contributed by atoms with Gasteiger partial charge in [-0.05, 0) is 22.9 Å². The quantitative estimate of drug-likeness (QED) is 0.532. The second-order valence-corrected chi connectivity index (χ2v) is 4.81. The maximum absolute atomic E-state index is 9.06. The first-order valence-corrected chi connectivity index (χ1v) is 6.60. The number of hydrogen-bond donors (Lipinski definition) is 0. The van der Waals surface area contributed by atoms with E-state index in [2.05, 4.69) is 34.5 Å². The zero-order chi connectivity index (χ0) is 14.2. The van der Waals surface area contributed by atoms with Crippen molar-refractivity contribution in [2.75, 3.05) is 0 Å². The third-order valence-corrected chi connectivity index (χ3v) is 3.56. The van der Waals surface area contributed by atoms with E-state index in [0.717, 1.165) is 27.8 Å². The van der Waals surface area contributed by atoms with Gasteiger partial charge in [-0.2, -0.15) is 5.26 Å². The van der Waals surface area contributed by atoms with E-state index in [0.29, 0.717) is 5.56 Å². The summed E-state index contributed by atoms with van der Waals surface area (Å²) in [4.78, 5) is 0. The Bertz CT molecular complexity index is 1000. The van der Waals surface area contributed by atoms with E-state index >= 15 is 0 Å². The van der Waals surface area contributed by atoms with E-state index in [9.17, 15) is 0 Å². The highest BCUT2D eigenvalue weighted by Crippen LogP contribution is 2.27. The van der Waals surface area contributed by atoms with Crippen molar-refractivity contribution in [3.8, 4) is 17.5 Å². The van der Waals surface area contributed by atoms with Crippen molar-refractivity contribution in [1.82, 2.24) is 14.6 Å². The Morgan fingerprint density at radius 1 is 0.905 bits per heavy atom. The molecule has 4 aromatic rings. The van der Waals surface area contributed by atoms with Gasteiger partial charge in [0.25, 0.3) is 0 Å². The van der Waals surface area contributed by atoms with Crippen molar-refractivity contribution >= 4 is 16.4 Å². The van der Waals surface area contributed by atoms with Crippen molar-refractivity contribution in [1.29, 1.82) is 5.26 Å². The number of nitriles is 1. The normalized spacial score (nSPS) is 10.8. The smallest absolute Gasteiger partial charge is 0.169 e. The average molecular weight is 270 g/mol. The van der Waals surface area contributed by atoms with Gasteiger partial charge in [0.05, 0.1) is 5.56 Å². The van der Waals surface area contributed by atoms with Gasteiger partial charge in [-0.25, -0.2) is 0 Å². The number of rotatable bonds is 1. The maximum atomic E-state index is 9.06. The molecule has 0 aliphatic carbocycles. The van der Waals surface area contributed by atoms with Crippen molar-refractivity contribution in [3.05, 3.63) is 66.4 Å². The molecule has 4 heteroatoms. The van der Waals surface area contributed by atoms with Gasteiger partial charge >= 0.3 is 0 Å². The molecule has 0 unspecified atom stereocenters. The van der Waals surface area contributed by atoms with Crippen molar-refractivity contribution in [3.63, 3.8) is 0 Å². The Kier molecular flexibility index (Phi) is 2.45. The molecule has 0 bridgehead atoms. The van der Waals surface area contributed by atoms with Crippen LogP contribution >= 0.6 is 0 Å². The van der Waals surface area contributed by atoms with Crippen LogP contribution in [0.5, 0.6) is 0 Å². The summed E-state index contributed by atoms with van der Waals surface area (Å²) in [7, 11) is 0. The number of nitrogens with zero attached hydrogens (tertiary/aromatic N) is 4. The lowest BCUT2D eigenvalue weighted by molar-refractivity contribution is 1.11. The molecule has 0 atom stereocenters. The summed E-state index contributed by atoms with van der Waals surface area (Å²) in [6.07, 6.45) is 1.77. The zero-order valence-electron chi connectivity index (χ0n) is 11.1. The summed E-state index contributed by atoms with van der Waals surface area (Å²) in [5, 5.41) is 19.8. The highest BCUT2D eigenvalue weighted by Gasteiger charge is 2.11. The van der Waals surface area contributed by atoms with Gasteiger partial charge in [0.15, 0.2) is 11.5 Å². The van der Waals surface area contributed by atoms with Crippen LogP contribution < -0.4 is 0 Å². The molecule has 0 saturated carbocycles. The molecule has 0 amide bonds. The highest BCUT2D eigenvalue weighted by molar-refractivity contribution is 5.95. The van der Waals surface area contributed by atoms with Crippen LogP contribution in [0.25, 0.3) is 27.8 Å². The van der Waals surface area contributed by atoms with Gasteiger partial charge in [0.2, 0.25) is 0 Å². The molecule has 0 spiro atoms. The molecule has 0 fully saturated rings. The van der Waals surface area contributed by atoms with Gasteiger partial charge in [0.1, 0.15) is 6.07 Å². The number of fused-ring (bicyclic) bond motifs is 2. The minimum absolute atomic E-state index is 0.587. The Hall–Kier alpha value is -3.19. The third kappa shape index (κ3) is 1.76. The number of pyridine rings is 1. The van der Waals surface area contributed by atoms with E-state index in [4.69, 9.17) is 5.26 Å². The van der Waals surface area contributed by atoms with Crippen LogP contribution in [-0.2, 0) is 0 Å². The topological polar surface area (TPSA) is 54.0 Å². The Labute approximate surface area is 120 Å². The van der Waals surface area contributed by atoms with Crippen LogP contribution in [0.15, 0.2) is 60.8 Å². The van der Waals surface area contributed by atoms with Gasteiger partial charge in [-0.1, -0.05) is 42.5 Å². The molecule has 0 radical (unpaired) electrons. The fourth-order valence-corrected chi connectivity index (χ4v) is 2.56. The van der Waals surface area contributed by atoms with Gasteiger partial charge < -0.3 is 0 Å². The van der Waals surface area contributed by atoms with E-state index in [1.54, 1.807) is 18.3 Å². The van der Waals surface area contributed by atoms with Crippen molar-refractivity contribution < 1.29 is 0 Å². The predicted octanol–water partition coefficient (Wildman–Crippen LogP) is 3.42. The van der Waals surface area contributed by atoms with Gasteiger partial charge in [0, 0.05) is 11.8 Å². The number of aromatic nitrogens is 3. The Balaban J connectivity index is 2.07. The van der Waals surface area contributed by atoms with E-state index in [-0.39, 0.29) is 0 Å². The molecule has 4 nitrogen and oxygen atoms in total. The SMILES string of the molecule is N#Cc1ccc2nnc(-c3cccc4ccccc34)n2c1. The van der Waals surface area contributed by atoms with Crippen molar-refractivity contribution in [2.45, 2.75) is 0 Å². The Morgan fingerprint density at radius 3 is 2.67 bits per heavy atom. The largest absolute Gasteiger partial charge is 0.281 e. The van der Waals surface area contributed by atoms with Gasteiger partial charge in [-0.15, -0.1) is 10.2 Å². The Morgan fingerprint density at radius 2 is 1.76 bits per heavy atom. The summed E-state index contributed by atoms with van der Waals surface area (Å²) < 4.78 is 1.86. The lowest BCUT2D eigenvalue weighted by atomic mass is 10.0. The first kappa shape index (κ1) is 11.6. The van der Waals surface area contributed by atoms with Crippen LogP contribution in [0.4, 0.5) is 0 Å². The first-order chi connectivity index (χ1) is 10.4. The summed E-state index contributed by atoms with van der Waals surface area (Å²) in [5.74, 6) is 0.749. The molecular formula is C17H10N4. The summed E-state index contributed by atoms with van der Waals surface area (Å²) >= 11 is 0. The molecular weight excluding hydrogens is 260 g/mol. The third-order valence-electron chi connectivity index (χ3n) is 3.56. The minimum atomic E-state index is 0.587. The molecule has 98 valence electrons. The summed E-state index contributed by atoms with van der Waals surface area (Å²) in [6.45, 7) is 0. The lowest BCUT2D eigenvalue weighted by Crippen LogP contribution is -1.91. The molecule has 0 saturated heterocycles. The minimum Gasteiger partial charge on any atom is -0.281 e. The van der Waals surface area contributed by atoms with Crippen LogP contribution in [0, 0.1) is 11.3 Å². The predicted molar refractivity (Wildman–Crippen MR) is 80.6 cm³/mol. The first-order valence-electron chi connectivity index (χ1n) is 6.60. The van der Waals surface area contributed by atoms with Crippen LogP contribution in [-0.4, -0.2) is 14.6 Å². The van der Waals surface area contributed by atoms with E-state index in [1.165, 1.54) is 0 Å². The fraction of sp³-hybridized carbons (Fsp3) is 0. The zero-order valence-corrected chi connectivity index (χ0v) is 11.1. The van der Waals surface area contributed by atoms with Crippen molar-refractivity contribution in [2.24, 2.45) is 0 Å². The lowest BCUT2D eigenvalue weighted by Gasteiger charge is -2.05. The molecule has 4 rings (SSSR count). The molecule has 21 heavy (non-hydrogen) atoms. The second-order valence-electron chi connectivity index (χ2n) is 4.81. The van der Waals surface area contributed by atoms with E-state index in [1.807, 2.05) is 28.7 Å². The number of benzene rings is 2. The van der Waals surface area contributed by atoms with Crippen LogP contribution in [0.2, 0.25) is 0 Å². The molecule has 0 aliphatic rings. The standard InChI is InChI=1S/C17H10N4/c18-10-12-8-9-16-19-20-17(21(16)11-12)15-7-3-5-13-4-1-2-6-14(13)15/h1-9,11H. The maximum Gasteiger partial charge on any atom is 0.169 e. The van der Waals surface area contributed by atoms with Gasteiger partial charge in [-0.3, -0.25) is 4.40 Å². The van der Waals surface area contributed by atoms with Crippen LogP contribution in [0.3, 0.4) is 0 Å². The molecule has 2 aromatic carbocycles. The summed E-state index contributed by atoms with van der Waals surface area (Å²) in [6, 6.07) is 20.0. The summed E-state index contributed by atoms with van der Waals surface area (Å²) in [5.41, 5.74) is 2.33. The fourth-order valence-electron chi connectivity index (χ4n) is 2.56. The highest BCUT2D eigenvalue weighted by atomic mass is 15.2. The molecule has 2 heterocycles. The van der Waals surface area contributed by atoms with Crippen LogP contribution in [0.1, 0.15) is 5.56 Å². The molecule has 0 N–H and O–H groups in total.